The predicted octanol–water partition coefficient (Wildman–Crippen LogP) is 14.7. The van der Waals surface area contributed by atoms with Crippen LogP contribution >= 0.6 is 0 Å². The molecule has 0 saturated carbocycles. The van der Waals surface area contributed by atoms with Gasteiger partial charge in [-0.1, -0.05) is 127 Å². The minimum Gasteiger partial charge on any atom is -0.456 e. The van der Waals surface area contributed by atoms with Crippen molar-refractivity contribution in [3.8, 4) is 39.9 Å². The topological polar surface area (TPSA) is 69.9 Å². The van der Waals surface area contributed by atoms with Crippen LogP contribution in [0.25, 0.3) is 138 Å². The highest BCUT2D eigenvalue weighted by Crippen LogP contribution is 2.48. The SMILES string of the molecule is c1ccc(-c2nc(-c3ccc4oc5ccccc5c4c3)nc(-c3cc4c(cc3-n3c5cccc6c7ccccc7c7c8ccccc8cc3c7c65)oc3ccccc34)n2)cc1. The lowest BCUT2D eigenvalue weighted by Gasteiger charge is -2.15. The van der Waals surface area contributed by atoms with E-state index in [4.69, 9.17) is 23.8 Å². The Morgan fingerprint density at radius 2 is 0.918 bits per heavy atom. The molecule has 0 saturated heterocycles. The molecular weight excluding hydrogens is 749 g/mol. The van der Waals surface area contributed by atoms with Crippen molar-refractivity contribution in [2.45, 2.75) is 0 Å². The predicted molar refractivity (Wildman–Crippen MR) is 249 cm³/mol. The van der Waals surface area contributed by atoms with Crippen LogP contribution in [-0.4, -0.2) is 19.5 Å². The number of furan rings is 2. The number of hydrogen-bond acceptors (Lipinski definition) is 5. The number of benzene rings is 10. The van der Waals surface area contributed by atoms with Gasteiger partial charge in [0, 0.05) is 60.5 Å². The van der Waals surface area contributed by atoms with Crippen molar-refractivity contribution in [3.63, 3.8) is 0 Å². The van der Waals surface area contributed by atoms with Gasteiger partial charge in [-0.3, -0.25) is 0 Å². The van der Waals surface area contributed by atoms with Gasteiger partial charge in [-0.25, -0.2) is 15.0 Å². The molecule has 0 atom stereocenters. The Balaban J connectivity index is 1.13. The lowest BCUT2D eigenvalue weighted by Crippen LogP contribution is -2.04. The highest BCUT2D eigenvalue weighted by Gasteiger charge is 2.26. The molecule has 0 unspecified atom stereocenters. The average Bonchev–Trinajstić information content (AvgIpc) is 3.99. The van der Waals surface area contributed by atoms with E-state index in [1.807, 2.05) is 60.7 Å². The van der Waals surface area contributed by atoms with Crippen LogP contribution in [0.4, 0.5) is 0 Å². The van der Waals surface area contributed by atoms with Crippen molar-refractivity contribution >= 4 is 98.0 Å². The maximum atomic E-state index is 6.67. The van der Waals surface area contributed by atoms with Gasteiger partial charge in [-0.05, 0) is 75.5 Å². The largest absolute Gasteiger partial charge is 0.456 e. The van der Waals surface area contributed by atoms with Crippen molar-refractivity contribution in [1.82, 2.24) is 19.5 Å². The number of fused-ring (bicyclic) bond motifs is 11. The second kappa shape index (κ2) is 12.1. The summed E-state index contributed by atoms with van der Waals surface area (Å²) in [7, 11) is 0. The minimum atomic E-state index is 0.563. The van der Waals surface area contributed by atoms with E-state index >= 15 is 0 Å². The molecule has 0 aliphatic heterocycles. The van der Waals surface area contributed by atoms with Gasteiger partial charge in [-0.2, -0.15) is 0 Å². The van der Waals surface area contributed by atoms with Crippen molar-refractivity contribution in [2.75, 3.05) is 0 Å². The number of aromatic nitrogens is 4. The van der Waals surface area contributed by atoms with Crippen molar-refractivity contribution in [1.29, 1.82) is 0 Å². The van der Waals surface area contributed by atoms with Crippen molar-refractivity contribution in [2.24, 2.45) is 0 Å². The van der Waals surface area contributed by atoms with Gasteiger partial charge in [0.25, 0.3) is 0 Å². The van der Waals surface area contributed by atoms with Gasteiger partial charge in [0.2, 0.25) is 0 Å². The third kappa shape index (κ3) is 4.58. The van der Waals surface area contributed by atoms with Crippen molar-refractivity contribution < 1.29 is 8.83 Å². The van der Waals surface area contributed by atoms with E-state index in [1.165, 1.54) is 43.1 Å². The van der Waals surface area contributed by atoms with Gasteiger partial charge < -0.3 is 13.4 Å². The summed E-state index contributed by atoms with van der Waals surface area (Å²) in [6.07, 6.45) is 0. The van der Waals surface area contributed by atoms with Crippen LogP contribution in [-0.2, 0) is 0 Å². The molecule has 0 aliphatic rings. The molecular formula is C55H30N4O2. The van der Waals surface area contributed by atoms with Crippen LogP contribution in [0.5, 0.6) is 0 Å². The molecule has 0 radical (unpaired) electrons. The molecule has 4 aromatic heterocycles. The molecule has 0 spiro atoms. The third-order valence-electron chi connectivity index (χ3n) is 12.6. The Bertz CT molecular complexity index is 4110. The van der Waals surface area contributed by atoms with Gasteiger partial charge in [0.05, 0.1) is 16.7 Å². The first-order valence-corrected chi connectivity index (χ1v) is 20.5. The number of para-hydroxylation sites is 2. The van der Waals surface area contributed by atoms with Crippen LogP contribution in [0.1, 0.15) is 0 Å². The van der Waals surface area contributed by atoms with Gasteiger partial charge in [0.15, 0.2) is 17.5 Å². The molecule has 282 valence electrons. The van der Waals surface area contributed by atoms with Crippen LogP contribution in [0.3, 0.4) is 0 Å². The molecule has 0 bridgehead atoms. The zero-order valence-corrected chi connectivity index (χ0v) is 32.4. The lowest BCUT2D eigenvalue weighted by atomic mass is 9.91. The number of nitrogens with zero attached hydrogens (tertiary/aromatic N) is 4. The Hall–Kier alpha value is -8.35. The zero-order chi connectivity index (χ0) is 39.8. The molecule has 14 aromatic rings. The fourth-order valence-corrected chi connectivity index (χ4v) is 9.91. The second-order valence-corrected chi connectivity index (χ2v) is 15.9. The molecule has 0 fully saturated rings. The van der Waals surface area contributed by atoms with Crippen molar-refractivity contribution in [3.05, 3.63) is 182 Å². The maximum Gasteiger partial charge on any atom is 0.166 e. The third-order valence-corrected chi connectivity index (χ3v) is 12.6. The summed E-state index contributed by atoms with van der Waals surface area (Å²) >= 11 is 0. The first-order valence-electron chi connectivity index (χ1n) is 20.5. The summed E-state index contributed by atoms with van der Waals surface area (Å²) in [5.74, 6) is 1.73. The molecule has 14 rings (SSSR count). The van der Waals surface area contributed by atoms with Gasteiger partial charge >= 0.3 is 0 Å². The van der Waals surface area contributed by atoms with Crippen LogP contribution in [0.2, 0.25) is 0 Å². The highest BCUT2D eigenvalue weighted by molar-refractivity contribution is 6.39. The molecule has 6 heteroatoms. The Labute approximate surface area is 346 Å². The fourth-order valence-electron chi connectivity index (χ4n) is 9.91. The Morgan fingerprint density at radius 3 is 1.72 bits per heavy atom. The van der Waals surface area contributed by atoms with Crippen LogP contribution in [0.15, 0.2) is 191 Å². The van der Waals surface area contributed by atoms with E-state index in [2.05, 4.69) is 126 Å². The molecule has 0 N–H and O–H groups in total. The molecule has 0 aliphatic carbocycles. The summed E-state index contributed by atoms with van der Waals surface area (Å²) < 4.78 is 15.3. The monoisotopic (exact) mass is 778 g/mol. The maximum absolute atomic E-state index is 6.67. The lowest BCUT2D eigenvalue weighted by molar-refractivity contribution is 0.668. The Kier molecular flexibility index (Phi) is 6.46. The van der Waals surface area contributed by atoms with E-state index in [0.29, 0.717) is 17.5 Å². The molecule has 61 heavy (non-hydrogen) atoms. The van der Waals surface area contributed by atoms with Gasteiger partial charge in [0.1, 0.15) is 22.3 Å². The summed E-state index contributed by atoms with van der Waals surface area (Å²) in [5, 5.41) is 13.9. The second-order valence-electron chi connectivity index (χ2n) is 15.9. The zero-order valence-electron chi connectivity index (χ0n) is 32.4. The smallest absolute Gasteiger partial charge is 0.166 e. The van der Waals surface area contributed by atoms with E-state index in [0.717, 1.165) is 77.3 Å². The summed E-state index contributed by atoms with van der Waals surface area (Å²) in [5.41, 5.74) is 9.06. The summed E-state index contributed by atoms with van der Waals surface area (Å²) in [6.45, 7) is 0. The van der Waals surface area contributed by atoms with E-state index in [9.17, 15) is 0 Å². The number of hydrogen-bond donors (Lipinski definition) is 0. The van der Waals surface area contributed by atoms with E-state index in [-0.39, 0.29) is 0 Å². The highest BCUT2D eigenvalue weighted by atomic mass is 16.3. The quantitative estimate of drug-likeness (QED) is 0.166. The molecule has 10 aromatic carbocycles. The van der Waals surface area contributed by atoms with E-state index < -0.39 is 0 Å². The minimum absolute atomic E-state index is 0.563. The normalized spacial score (nSPS) is 12.3. The average molecular weight is 779 g/mol. The number of rotatable bonds is 4. The molecule has 6 nitrogen and oxygen atoms in total. The first-order chi connectivity index (χ1) is 30.2. The van der Waals surface area contributed by atoms with Gasteiger partial charge in [-0.15, -0.1) is 0 Å². The Morgan fingerprint density at radius 1 is 0.328 bits per heavy atom. The summed E-state index contributed by atoms with van der Waals surface area (Å²) in [4.78, 5) is 15.9. The van der Waals surface area contributed by atoms with Crippen LogP contribution < -0.4 is 0 Å². The molecule has 4 heterocycles. The first kappa shape index (κ1) is 32.6. The fraction of sp³-hybridized carbons (Fsp3) is 0. The van der Waals surface area contributed by atoms with E-state index in [1.54, 1.807) is 0 Å². The van der Waals surface area contributed by atoms with Crippen LogP contribution in [0, 0.1) is 0 Å². The molecule has 0 amide bonds. The standard InChI is InChI=1S/C55H30N4O2/c1-2-13-31(14-3-1)53-56-54(33-25-26-48-40(27-33)36-18-8-10-23-46(36)60-48)58-55(57-53)42-29-41-37-19-9-11-24-47(37)61-49(41)30-44(42)59-43-22-12-21-39-35-17-6-7-20-38(35)50-34-16-5-4-15-32(34)28-45(59)52(50)51(39)43/h1-30H. The summed E-state index contributed by atoms with van der Waals surface area (Å²) in [6, 6.07) is 63.7.